The Hall–Kier alpha value is -2.11. The number of aromatic nitrogens is 1. The van der Waals surface area contributed by atoms with E-state index in [2.05, 4.69) is 26.2 Å². The van der Waals surface area contributed by atoms with Crippen molar-refractivity contribution in [1.82, 2.24) is 9.88 Å². The highest BCUT2D eigenvalue weighted by molar-refractivity contribution is 9.10. The lowest BCUT2D eigenvalue weighted by Gasteiger charge is -2.20. The number of nitrogens with zero attached hydrogens (tertiary/aromatic N) is 2. The number of fused-ring (bicyclic) bond motifs is 1. The molecule has 1 aromatic heterocycles. The summed E-state index contributed by atoms with van der Waals surface area (Å²) in [6.45, 7) is 3.62. The molecule has 4 rings (SSSR count). The molecule has 2 heterocycles. The van der Waals surface area contributed by atoms with Gasteiger partial charge >= 0.3 is 0 Å². The molecule has 3 aromatic rings. The number of carbonyl (C=O) groups excluding carboxylic acids is 1. The molecule has 0 bridgehead atoms. The number of likely N-dealkylation sites (tertiary alicyclic amines) is 1. The summed E-state index contributed by atoms with van der Waals surface area (Å²) in [5.41, 5.74) is 4.16. The SMILES string of the molecule is Cc1cc(Nc2c(C(=O)N3CCCC3)cnc3ccc(Cl)cc23)ccc1Br. The Morgan fingerprint density at radius 1 is 1.19 bits per heavy atom. The topological polar surface area (TPSA) is 45.2 Å². The van der Waals surface area contributed by atoms with Gasteiger partial charge in [0.1, 0.15) is 0 Å². The van der Waals surface area contributed by atoms with Crippen molar-refractivity contribution in [2.75, 3.05) is 18.4 Å². The summed E-state index contributed by atoms with van der Waals surface area (Å²) in [5.74, 6) is 0.0122. The fourth-order valence-corrected chi connectivity index (χ4v) is 3.84. The predicted molar refractivity (Wildman–Crippen MR) is 114 cm³/mol. The highest BCUT2D eigenvalue weighted by Gasteiger charge is 2.24. The maximum Gasteiger partial charge on any atom is 0.257 e. The molecule has 1 amide bonds. The first-order chi connectivity index (χ1) is 13.0. The molecule has 1 aliphatic heterocycles. The van der Waals surface area contributed by atoms with Crippen LogP contribution in [0.3, 0.4) is 0 Å². The van der Waals surface area contributed by atoms with Crippen molar-refractivity contribution in [3.05, 3.63) is 63.2 Å². The first-order valence-electron chi connectivity index (χ1n) is 8.93. The maximum atomic E-state index is 13.1. The minimum absolute atomic E-state index is 0.0122. The summed E-state index contributed by atoms with van der Waals surface area (Å²) >= 11 is 9.77. The summed E-state index contributed by atoms with van der Waals surface area (Å²) in [4.78, 5) is 19.5. The van der Waals surface area contributed by atoms with Gasteiger partial charge in [-0.1, -0.05) is 27.5 Å². The lowest BCUT2D eigenvalue weighted by Crippen LogP contribution is -2.28. The number of amides is 1. The molecular formula is C21H19BrClN3O. The fraction of sp³-hybridized carbons (Fsp3) is 0.238. The van der Waals surface area contributed by atoms with E-state index in [0.717, 1.165) is 58.2 Å². The summed E-state index contributed by atoms with van der Waals surface area (Å²) < 4.78 is 1.05. The number of aryl methyl sites for hydroxylation is 1. The molecule has 1 saturated heterocycles. The molecule has 1 N–H and O–H groups in total. The van der Waals surface area contributed by atoms with Crippen molar-refractivity contribution in [1.29, 1.82) is 0 Å². The Morgan fingerprint density at radius 3 is 2.70 bits per heavy atom. The van der Waals surface area contributed by atoms with Gasteiger partial charge in [0, 0.05) is 39.9 Å². The number of rotatable bonds is 3. The average Bonchev–Trinajstić information content (AvgIpc) is 3.19. The minimum atomic E-state index is 0.0122. The number of hydrogen-bond donors (Lipinski definition) is 1. The molecular weight excluding hydrogens is 426 g/mol. The number of anilines is 2. The van der Waals surface area contributed by atoms with Gasteiger partial charge in [0.05, 0.1) is 16.8 Å². The smallest absolute Gasteiger partial charge is 0.257 e. The van der Waals surface area contributed by atoms with Gasteiger partial charge in [0.25, 0.3) is 5.91 Å². The highest BCUT2D eigenvalue weighted by Crippen LogP contribution is 2.33. The van der Waals surface area contributed by atoms with Gasteiger partial charge in [-0.25, -0.2) is 0 Å². The molecule has 2 aromatic carbocycles. The molecule has 4 nitrogen and oxygen atoms in total. The van der Waals surface area contributed by atoms with Crippen LogP contribution in [-0.4, -0.2) is 28.9 Å². The minimum Gasteiger partial charge on any atom is -0.354 e. The van der Waals surface area contributed by atoms with Crippen molar-refractivity contribution >= 4 is 55.7 Å². The maximum absolute atomic E-state index is 13.1. The lowest BCUT2D eigenvalue weighted by atomic mass is 10.1. The summed E-state index contributed by atoms with van der Waals surface area (Å²) in [5, 5.41) is 4.90. The Kier molecular flexibility index (Phi) is 5.06. The second-order valence-corrected chi connectivity index (χ2v) is 8.09. The van der Waals surface area contributed by atoms with Crippen molar-refractivity contribution in [3.63, 3.8) is 0 Å². The van der Waals surface area contributed by atoms with Crippen LogP contribution < -0.4 is 5.32 Å². The van der Waals surface area contributed by atoms with Crippen molar-refractivity contribution in [2.24, 2.45) is 0 Å². The van der Waals surface area contributed by atoms with E-state index in [1.165, 1.54) is 0 Å². The van der Waals surface area contributed by atoms with E-state index in [-0.39, 0.29) is 5.91 Å². The number of benzene rings is 2. The molecule has 6 heteroatoms. The van der Waals surface area contributed by atoms with Crippen LogP contribution >= 0.6 is 27.5 Å². The van der Waals surface area contributed by atoms with Crippen LogP contribution in [0.2, 0.25) is 5.02 Å². The first kappa shape index (κ1) is 18.3. The van der Waals surface area contributed by atoms with Gasteiger partial charge in [-0.15, -0.1) is 0 Å². The van der Waals surface area contributed by atoms with E-state index in [1.807, 2.05) is 48.2 Å². The standard InChI is InChI=1S/C21H19BrClN3O/c1-13-10-15(5-6-18(13)22)25-20-16-11-14(23)4-7-19(16)24-12-17(20)21(27)26-8-2-3-9-26/h4-7,10-12H,2-3,8-9H2,1H3,(H,24,25). The third-order valence-electron chi connectivity index (χ3n) is 4.88. The zero-order chi connectivity index (χ0) is 19.0. The third kappa shape index (κ3) is 3.66. The highest BCUT2D eigenvalue weighted by atomic mass is 79.9. The first-order valence-corrected chi connectivity index (χ1v) is 10.1. The molecule has 0 unspecified atom stereocenters. The molecule has 1 aliphatic rings. The van der Waals surface area contributed by atoms with Crippen LogP contribution in [0.4, 0.5) is 11.4 Å². The van der Waals surface area contributed by atoms with Gasteiger partial charge in [-0.3, -0.25) is 9.78 Å². The van der Waals surface area contributed by atoms with Crippen LogP contribution in [0.1, 0.15) is 28.8 Å². The van der Waals surface area contributed by atoms with Gasteiger partial charge in [0.2, 0.25) is 0 Å². The van der Waals surface area contributed by atoms with E-state index in [0.29, 0.717) is 10.6 Å². The largest absolute Gasteiger partial charge is 0.354 e. The zero-order valence-electron chi connectivity index (χ0n) is 14.9. The van der Waals surface area contributed by atoms with Crippen LogP contribution in [0.15, 0.2) is 47.1 Å². The number of hydrogen-bond acceptors (Lipinski definition) is 3. The predicted octanol–water partition coefficient (Wildman–Crippen LogP) is 5.94. The number of pyridine rings is 1. The van der Waals surface area contributed by atoms with Crippen molar-refractivity contribution in [3.8, 4) is 0 Å². The molecule has 1 fully saturated rings. The van der Waals surface area contributed by atoms with Crippen LogP contribution in [-0.2, 0) is 0 Å². The Balaban J connectivity index is 1.85. The van der Waals surface area contributed by atoms with Crippen molar-refractivity contribution < 1.29 is 4.79 Å². The van der Waals surface area contributed by atoms with E-state index in [4.69, 9.17) is 11.6 Å². The zero-order valence-corrected chi connectivity index (χ0v) is 17.3. The quantitative estimate of drug-likeness (QED) is 0.544. The van der Waals surface area contributed by atoms with Crippen LogP contribution in [0.25, 0.3) is 10.9 Å². The molecule has 0 spiro atoms. The van der Waals surface area contributed by atoms with Gasteiger partial charge in [-0.2, -0.15) is 0 Å². The molecule has 0 aliphatic carbocycles. The van der Waals surface area contributed by atoms with Gasteiger partial charge in [-0.05, 0) is 61.7 Å². The molecule has 138 valence electrons. The molecule has 0 saturated carbocycles. The van der Waals surface area contributed by atoms with E-state index in [9.17, 15) is 4.79 Å². The summed E-state index contributed by atoms with van der Waals surface area (Å²) in [7, 11) is 0. The van der Waals surface area contributed by atoms with E-state index >= 15 is 0 Å². The Labute approximate surface area is 171 Å². The number of nitrogens with one attached hydrogen (secondary N) is 1. The van der Waals surface area contributed by atoms with E-state index < -0.39 is 0 Å². The monoisotopic (exact) mass is 443 g/mol. The van der Waals surface area contributed by atoms with Crippen LogP contribution in [0, 0.1) is 6.92 Å². The van der Waals surface area contributed by atoms with Gasteiger partial charge in [0.15, 0.2) is 0 Å². The van der Waals surface area contributed by atoms with Crippen molar-refractivity contribution in [2.45, 2.75) is 19.8 Å². The number of halogens is 2. The Bertz CT molecular complexity index is 1030. The summed E-state index contributed by atoms with van der Waals surface area (Å²) in [6, 6.07) is 11.6. The third-order valence-corrected chi connectivity index (χ3v) is 6.01. The fourth-order valence-electron chi connectivity index (χ4n) is 3.42. The van der Waals surface area contributed by atoms with Gasteiger partial charge < -0.3 is 10.2 Å². The normalized spacial score (nSPS) is 14.0. The second-order valence-electron chi connectivity index (χ2n) is 6.80. The van der Waals surface area contributed by atoms with E-state index in [1.54, 1.807) is 6.20 Å². The van der Waals surface area contributed by atoms with Crippen LogP contribution in [0.5, 0.6) is 0 Å². The number of carbonyl (C=O) groups is 1. The average molecular weight is 445 g/mol. The summed E-state index contributed by atoms with van der Waals surface area (Å²) in [6.07, 6.45) is 3.77. The second kappa shape index (κ2) is 7.49. The molecule has 0 radical (unpaired) electrons. The Morgan fingerprint density at radius 2 is 1.96 bits per heavy atom. The molecule has 27 heavy (non-hydrogen) atoms. The molecule has 0 atom stereocenters. The lowest BCUT2D eigenvalue weighted by molar-refractivity contribution is 0.0793.